The minimum absolute atomic E-state index is 0.0599. The third-order valence-electron chi connectivity index (χ3n) is 4.45. The molecule has 0 radical (unpaired) electrons. The highest BCUT2D eigenvalue weighted by molar-refractivity contribution is 7.07. The molecule has 0 unspecified atom stereocenters. The number of hydrogen-bond donors (Lipinski definition) is 2. The number of hydrogen-bond acceptors (Lipinski definition) is 7. The number of H-pyrrole nitrogens is 1. The van der Waals surface area contributed by atoms with E-state index < -0.39 is 17.0 Å². The smallest absolute Gasteiger partial charge is 0.330 e. The van der Waals surface area contributed by atoms with Crippen LogP contribution in [0.1, 0.15) is 15.9 Å². The molecule has 8 nitrogen and oxygen atoms in total. The van der Waals surface area contributed by atoms with Gasteiger partial charge in [0.2, 0.25) is 0 Å². The van der Waals surface area contributed by atoms with Crippen molar-refractivity contribution < 1.29 is 9.53 Å². The molecule has 0 saturated heterocycles. The summed E-state index contributed by atoms with van der Waals surface area (Å²) in [7, 11) is 1.49. The van der Waals surface area contributed by atoms with Crippen LogP contribution in [0.25, 0.3) is 0 Å². The lowest BCUT2D eigenvalue weighted by Crippen LogP contribution is -2.39. The van der Waals surface area contributed by atoms with Gasteiger partial charge in [0, 0.05) is 19.3 Å². The molecular formula is C20H22N4O4S. The van der Waals surface area contributed by atoms with Crippen molar-refractivity contribution in [3.8, 4) is 0 Å². The molecule has 0 fully saturated rings. The maximum atomic E-state index is 13.1. The van der Waals surface area contributed by atoms with E-state index in [0.29, 0.717) is 6.54 Å². The number of carbonyl (C=O) groups is 1. The van der Waals surface area contributed by atoms with Crippen LogP contribution in [0.5, 0.6) is 0 Å². The van der Waals surface area contributed by atoms with E-state index in [1.807, 2.05) is 52.1 Å². The predicted molar refractivity (Wildman–Crippen MR) is 114 cm³/mol. The van der Waals surface area contributed by atoms with Crippen LogP contribution in [0.15, 0.2) is 56.7 Å². The molecule has 3 aromatic rings. The fourth-order valence-corrected chi connectivity index (χ4v) is 3.65. The monoisotopic (exact) mass is 414 g/mol. The number of aromatic nitrogens is 2. The van der Waals surface area contributed by atoms with E-state index in [9.17, 15) is 14.4 Å². The molecule has 0 aliphatic rings. The molecule has 3 N–H and O–H groups in total. The van der Waals surface area contributed by atoms with Gasteiger partial charge < -0.3 is 15.4 Å². The number of para-hydroxylation sites is 1. The van der Waals surface area contributed by atoms with Crippen LogP contribution >= 0.6 is 11.3 Å². The third kappa shape index (κ3) is 4.82. The van der Waals surface area contributed by atoms with E-state index in [1.54, 1.807) is 11.3 Å². The zero-order valence-electron chi connectivity index (χ0n) is 16.0. The summed E-state index contributed by atoms with van der Waals surface area (Å²) in [6.07, 6.45) is 0. The van der Waals surface area contributed by atoms with Gasteiger partial charge in [-0.1, -0.05) is 18.2 Å². The van der Waals surface area contributed by atoms with Gasteiger partial charge in [-0.25, -0.2) is 4.79 Å². The fraction of sp³-hybridized carbons (Fsp3) is 0.250. The molecule has 0 atom stereocenters. The number of nitrogens with one attached hydrogen (secondary N) is 1. The topological polar surface area (TPSA) is 110 Å². The number of anilines is 2. The van der Waals surface area contributed by atoms with Gasteiger partial charge in [0.15, 0.2) is 5.78 Å². The van der Waals surface area contributed by atoms with Gasteiger partial charge in [-0.15, -0.1) is 0 Å². The quantitative estimate of drug-likeness (QED) is 0.516. The Bertz CT molecular complexity index is 1070. The number of ether oxygens (including phenoxy) is 1. The first-order chi connectivity index (χ1) is 14.0. The zero-order chi connectivity index (χ0) is 20.8. The lowest BCUT2D eigenvalue weighted by Gasteiger charge is -2.24. The predicted octanol–water partition coefficient (Wildman–Crippen LogP) is 1.72. The standard InChI is InChI=1S/C20H22N4O4S/c1-28-9-8-24-18(21)17(19(26)22-20(24)27)16(25)12-23(11-14-7-10-29-13-14)15-5-3-2-4-6-15/h2-7,10,13H,8-9,11-12,21H2,1H3,(H,22,26,27). The lowest BCUT2D eigenvalue weighted by atomic mass is 10.1. The normalized spacial score (nSPS) is 10.8. The number of nitrogens with zero attached hydrogens (tertiary/aromatic N) is 2. The fourth-order valence-electron chi connectivity index (χ4n) is 2.99. The number of aromatic amines is 1. The second kappa shape index (κ2) is 9.35. The maximum absolute atomic E-state index is 13.1. The molecule has 1 aromatic carbocycles. The first kappa shape index (κ1) is 20.6. The second-order valence-corrected chi connectivity index (χ2v) is 7.19. The number of ketones is 1. The molecule has 0 bridgehead atoms. The first-order valence-corrected chi connectivity index (χ1v) is 9.91. The van der Waals surface area contributed by atoms with Gasteiger partial charge in [-0.05, 0) is 34.5 Å². The van der Waals surface area contributed by atoms with Crippen molar-refractivity contribution in [3.05, 3.63) is 79.1 Å². The average molecular weight is 414 g/mol. The number of carbonyl (C=O) groups excluding carboxylic acids is 1. The number of methoxy groups -OCH3 is 1. The summed E-state index contributed by atoms with van der Waals surface area (Å²) >= 11 is 1.57. The molecule has 152 valence electrons. The van der Waals surface area contributed by atoms with Gasteiger partial charge in [-0.3, -0.25) is 19.1 Å². The van der Waals surface area contributed by atoms with Crippen molar-refractivity contribution in [2.24, 2.45) is 0 Å². The molecule has 2 aromatic heterocycles. The van der Waals surface area contributed by atoms with Crippen molar-refractivity contribution in [3.63, 3.8) is 0 Å². The molecule has 0 spiro atoms. The van der Waals surface area contributed by atoms with Gasteiger partial charge >= 0.3 is 5.69 Å². The molecule has 3 rings (SSSR count). The molecule has 0 aliphatic heterocycles. The zero-order valence-corrected chi connectivity index (χ0v) is 16.8. The highest BCUT2D eigenvalue weighted by Gasteiger charge is 2.22. The summed E-state index contributed by atoms with van der Waals surface area (Å²) in [5.74, 6) is -0.613. The van der Waals surface area contributed by atoms with Gasteiger partial charge in [0.05, 0.1) is 19.7 Å². The molecule has 2 heterocycles. The van der Waals surface area contributed by atoms with E-state index in [2.05, 4.69) is 4.98 Å². The Morgan fingerprint density at radius 1 is 1.24 bits per heavy atom. The minimum Gasteiger partial charge on any atom is -0.384 e. The molecular weight excluding hydrogens is 392 g/mol. The largest absolute Gasteiger partial charge is 0.384 e. The van der Waals surface area contributed by atoms with E-state index in [4.69, 9.17) is 10.5 Å². The summed E-state index contributed by atoms with van der Waals surface area (Å²) in [5.41, 5.74) is 6.26. The van der Waals surface area contributed by atoms with Gasteiger partial charge in [0.1, 0.15) is 11.4 Å². The highest BCUT2D eigenvalue weighted by atomic mass is 32.1. The van der Waals surface area contributed by atoms with Gasteiger partial charge in [-0.2, -0.15) is 11.3 Å². The van der Waals surface area contributed by atoms with Crippen molar-refractivity contribution >= 4 is 28.6 Å². The minimum atomic E-state index is -0.783. The van der Waals surface area contributed by atoms with E-state index in [0.717, 1.165) is 15.8 Å². The average Bonchev–Trinajstić information content (AvgIpc) is 3.21. The van der Waals surface area contributed by atoms with Crippen LogP contribution < -0.4 is 21.9 Å². The number of benzene rings is 1. The second-order valence-electron chi connectivity index (χ2n) is 6.41. The van der Waals surface area contributed by atoms with E-state index in [-0.39, 0.29) is 31.1 Å². The molecule has 29 heavy (non-hydrogen) atoms. The Morgan fingerprint density at radius 3 is 2.66 bits per heavy atom. The van der Waals surface area contributed by atoms with Crippen molar-refractivity contribution in [2.45, 2.75) is 13.1 Å². The summed E-state index contributed by atoms with van der Waals surface area (Å²) in [5, 5.41) is 3.97. The summed E-state index contributed by atoms with van der Waals surface area (Å²) in [4.78, 5) is 41.5. The Hall–Kier alpha value is -3.17. The van der Waals surface area contributed by atoms with Gasteiger partial charge in [0.25, 0.3) is 5.56 Å². The van der Waals surface area contributed by atoms with Crippen LogP contribution in [0, 0.1) is 0 Å². The number of thiophene rings is 1. The summed E-state index contributed by atoms with van der Waals surface area (Å²) < 4.78 is 6.11. The van der Waals surface area contributed by atoms with Crippen LogP contribution in [-0.2, 0) is 17.8 Å². The first-order valence-electron chi connectivity index (χ1n) is 8.97. The van der Waals surface area contributed by atoms with Crippen molar-refractivity contribution in [2.75, 3.05) is 30.9 Å². The SMILES string of the molecule is COCCn1c(N)c(C(=O)CN(Cc2ccsc2)c2ccccc2)c(=O)[nH]c1=O. The number of nitrogen functional groups attached to an aromatic ring is 1. The summed E-state index contributed by atoms with van der Waals surface area (Å²) in [6, 6.07) is 11.4. The molecule has 0 saturated carbocycles. The number of rotatable bonds is 9. The maximum Gasteiger partial charge on any atom is 0.330 e. The van der Waals surface area contributed by atoms with E-state index in [1.165, 1.54) is 7.11 Å². The molecule has 0 aliphatic carbocycles. The third-order valence-corrected chi connectivity index (χ3v) is 5.18. The molecule has 0 amide bonds. The Balaban J connectivity index is 1.93. The van der Waals surface area contributed by atoms with Crippen molar-refractivity contribution in [1.29, 1.82) is 0 Å². The van der Waals surface area contributed by atoms with Crippen molar-refractivity contribution in [1.82, 2.24) is 9.55 Å². The lowest BCUT2D eigenvalue weighted by molar-refractivity contribution is 0.0997. The van der Waals surface area contributed by atoms with Crippen LogP contribution in [0.2, 0.25) is 0 Å². The Labute approximate surface area is 171 Å². The molecule has 9 heteroatoms. The Kier molecular flexibility index (Phi) is 6.63. The van der Waals surface area contributed by atoms with E-state index >= 15 is 0 Å². The van der Waals surface area contributed by atoms with Crippen LogP contribution in [0.3, 0.4) is 0 Å². The highest BCUT2D eigenvalue weighted by Crippen LogP contribution is 2.19. The number of Topliss-reactive ketones (excluding diaryl/α,β-unsaturated/α-hetero) is 1. The Morgan fingerprint density at radius 2 is 2.00 bits per heavy atom. The number of nitrogens with two attached hydrogens (primary N) is 1. The van der Waals surface area contributed by atoms with Crippen LogP contribution in [-0.4, -0.2) is 35.6 Å². The van der Waals surface area contributed by atoms with Crippen LogP contribution in [0.4, 0.5) is 11.5 Å². The summed E-state index contributed by atoms with van der Waals surface area (Å²) in [6.45, 7) is 0.795.